The van der Waals surface area contributed by atoms with Gasteiger partial charge < -0.3 is 15.0 Å². The number of urea groups is 1. The number of aromatic hydroxyl groups is 1. The Morgan fingerprint density at radius 1 is 1.35 bits per heavy atom. The zero-order valence-corrected chi connectivity index (χ0v) is 10.9. The molecular weight excluding hydrogens is 258 g/mol. The van der Waals surface area contributed by atoms with Gasteiger partial charge in [0.1, 0.15) is 5.75 Å². The van der Waals surface area contributed by atoms with Gasteiger partial charge in [0, 0.05) is 30.2 Å². The fourth-order valence-electron chi connectivity index (χ4n) is 3.23. The average molecular weight is 271 g/mol. The fourth-order valence-corrected chi connectivity index (χ4v) is 3.23. The first-order chi connectivity index (χ1) is 9.56. The number of carbonyl (C=O) groups excluding carboxylic acids is 2. The smallest absolute Gasteiger partial charge is 0.326 e. The number of phenols is 1. The van der Waals surface area contributed by atoms with Crippen LogP contribution in [0.15, 0.2) is 18.2 Å². The molecule has 0 radical (unpaired) electrons. The van der Waals surface area contributed by atoms with Crippen molar-refractivity contribution < 1.29 is 14.7 Å². The van der Waals surface area contributed by atoms with E-state index in [9.17, 15) is 14.7 Å². The maximum Gasteiger partial charge on any atom is 0.326 e. The van der Waals surface area contributed by atoms with E-state index < -0.39 is 0 Å². The van der Waals surface area contributed by atoms with Gasteiger partial charge in [-0.3, -0.25) is 9.69 Å². The van der Waals surface area contributed by atoms with Gasteiger partial charge in [0.2, 0.25) is 5.91 Å². The van der Waals surface area contributed by atoms with E-state index in [4.69, 9.17) is 0 Å². The second-order valence-corrected chi connectivity index (χ2v) is 5.36. The minimum atomic E-state index is -0.350. The van der Waals surface area contributed by atoms with Gasteiger partial charge in [0.25, 0.3) is 0 Å². The fraction of sp³-hybridized carbons (Fsp3) is 0.286. The van der Waals surface area contributed by atoms with Gasteiger partial charge in [-0.1, -0.05) is 0 Å². The predicted octanol–water partition coefficient (Wildman–Crippen LogP) is 1.36. The normalized spacial score (nSPS) is 21.6. The van der Waals surface area contributed by atoms with Crippen LogP contribution in [0.3, 0.4) is 0 Å². The molecule has 1 aromatic carbocycles. The second-order valence-electron chi connectivity index (χ2n) is 5.36. The highest BCUT2D eigenvalue weighted by Gasteiger charge is 2.43. The van der Waals surface area contributed by atoms with E-state index in [2.05, 4.69) is 4.98 Å². The molecule has 1 atom stereocenters. The number of carbonyl (C=O) groups is 2. The molecule has 2 aromatic rings. The molecule has 1 aromatic heterocycles. The van der Waals surface area contributed by atoms with E-state index in [-0.39, 0.29) is 23.6 Å². The lowest BCUT2D eigenvalue weighted by molar-refractivity contribution is -0.132. The van der Waals surface area contributed by atoms with E-state index in [0.717, 1.165) is 22.2 Å². The molecule has 0 aliphatic carbocycles. The topological polar surface area (TPSA) is 76.6 Å². The van der Waals surface area contributed by atoms with Crippen molar-refractivity contribution in [2.24, 2.45) is 0 Å². The van der Waals surface area contributed by atoms with Crippen molar-refractivity contribution in [1.29, 1.82) is 0 Å². The monoisotopic (exact) mass is 271 g/mol. The predicted molar refractivity (Wildman–Crippen MR) is 71.3 cm³/mol. The number of benzene rings is 1. The second kappa shape index (κ2) is 3.53. The van der Waals surface area contributed by atoms with Crippen LogP contribution < -0.4 is 0 Å². The van der Waals surface area contributed by atoms with Crippen LogP contribution in [0, 0.1) is 0 Å². The van der Waals surface area contributed by atoms with E-state index in [1.165, 1.54) is 11.9 Å². The molecule has 2 aliphatic rings. The summed E-state index contributed by atoms with van der Waals surface area (Å²) in [5.74, 6) is -0.358. The lowest BCUT2D eigenvalue weighted by Gasteiger charge is -2.40. The van der Waals surface area contributed by atoms with Gasteiger partial charge in [0.05, 0.1) is 12.5 Å². The molecule has 6 heteroatoms. The summed E-state index contributed by atoms with van der Waals surface area (Å²) in [6.45, 7) is 0.884. The van der Waals surface area contributed by atoms with Gasteiger partial charge in [-0.25, -0.2) is 4.79 Å². The van der Waals surface area contributed by atoms with Gasteiger partial charge in [-0.05, 0) is 23.8 Å². The average Bonchev–Trinajstić information content (AvgIpc) is 2.80. The van der Waals surface area contributed by atoms with Crippen LogP contribution in [-0.2, 0) is 11.3 Å². The number of phenolic OH excluding ortho intramolecular Hbond substituents is 1. The lowest BCUT2D eigenvalue weighted by atomic mass is 9.89. The highest BCUT2D eigenvalue weighted by Crippen LogP contribution is 2.39. The zero-order chi connectivity index (χ0) is 14.0. The molecule has 20 heavy (non-hydrogen) atoms. The van der Waals surface area contributed by atoms with Crippen LogP contribution in [0.25, 0.3) is 10.9 Å². The van der Waals surface area contributed by atoms with Crippen LogP contribution in [0.2, 0.25) is 0 Å². The summed E-state index contributed by atoms with van der Waals surface area (Å²) in [4.78, 5) is 30.4. The van der Waals surface area contributed by atoms with E-state index in [0.29, 0.717) is 13.1 Å². The van der Waals surface area contributed by atoms with Gasteiger partial charge >= 0.3 is 6.03 Å². The summed E-state index contributed by atoms with van der Waals surface area (Å²) in [5, 5.41) is 10.5. The Labute approximate surface area is 114 Å². The highest BCUT2D eigenvalue weighted by atomic mass is 16.3. The maximum absolute atomic E-state index is 12.3. The molecule has 0 spiro atoms. The number of hydrogen-bond donors (Lipinski definition) is 2. The van der Waals surface area contributed by atoms with Crippen molar-refractivity contribution >= 4 is 22.8 Å². The van der Waals surface area contributed by atoms with Crippen LogP contribution in [0.5, 0.6) is 5.75 Å². The van der Waals surface area contributed by atoms with Gasteiger partial charge in [0.15, 0.2) is 0 Å². The van der Waals surface area contributed by atoms with Crippen molar-refractivity contribution in [2.45, 2.75) is 12.5 Å². The Morgan fingerprint density at radius 2 is 2.15 bits per heavy atom. The number of nitrogens with one attached hydrogen (secondary N) is 1. The molecule has 2 aliphatic heterocycles. The number of H-pyrrole nitrogens is 1. The molecule has 0 saturated carbocycles. The molecule has 3 amide bonds. The molecule has 102 valence electrons. The number of rotatable bonds is 0. The van der Waals surface area contributed by atoms with Crippen LogP contribution in [0.4, 0.5) is 4.79 Å². The van der Waals surface area contributed by atoms with Crippen molar-refractivity contribution in [3.63, 3.8) is 0 Å². The Bertz CT molecular complexity index is 764. The number of imide groups is 1. The lowest BCUT2D eigenvalue weighted by Crippen LogP contribution is -2.55. The van der Waals surface area contributed by atoms with Crippen molar-refractivity contribution in [1.82, 2.24) is 14.8 Å². The first kappa shape index (κ1) is 11.3. The Balaban J connectivity index is 1.98. The molecule has 1 fully saturated rings. The molecule has 1 unspecified atom stereocenters. The minimum Gasteiger partial charge on any atom is -0.508 e. The standard InChI is InChI=1S/C14H13N3O3/c1-16-13(19)9-5-17(14(16)20)6-11-12(9)8-4-7(18)2-3-10(8)15-11/h2-4,9,15,18H,5-6H2,1H3. The number of amides is 3. The largest absolute Gasteiger partial charge is 0.508 e. The van der Waals surface area contributed by atoms with Gasteiger partial charge in [-0.2, -0.15) is 0 Å². The van der Waals surface area contributed by atoms with Gasteiger partial charge in [-0.15, -0.1) is 0 Å². The van der Waals surface area contributed by atoms with Crippen molar-refractivity contribution in [3.8, 4) is 5.75 Å². The number of likely N-dealkylation sites (N-methyl/N-ethyl adjacent to an activating group) is 1. The zero-order valence-electron chi connectivity index (χ0n) is 10.9. The third-order valence-corrected chi connectivity index (χ3v) is 4.19. The number of aromatic amines is 1. The first-order valence-electron chi connectivity index (χ1n) is 6.46. The number of hydrogen-bond acceptors (Lipinski definition) is 3. The van der Waals surface area contributed by atoms with Crippen LogP contribution in [0.1, 0.15) is 17.2 Å². The molecular formula is C14H13N3O3. The van der Waals surface area contributed by atoms with Crippen molar-refractivity contribution in [3.05, 3.63) is 29.5 Å². The molecule has 3 heterocycles. The van der Waals surface area contributed by atoms with E-state index in [1.54, 1.807) is 23.1 Å². The summed E-state index contributed by atoms with van der Waals surface area (Å²) >= 11 is 0. The SMILES string of the molecule is CN1C(=O)C2CN(Cc3[nH]c4ccc(O)cc4c32)C1=O. The van der Waals surface area contributed by atoms with Crippen LogP contribution in [-0.4, -0.2) is 45.4 Å². The maximum atomic E-state index is 12.3. The molecule has 1 saturated heterocycles. The minimum absolute atomic E-state index is 0.175. The van der Waals surface area contributed by atoms with Crippen LogP contribution >= 0.6 is 0 Å². The molecule has 2 bridgehead atoms. The Hall–Kier alpha value is -2.50. The molecule has 4 rings (SSSR count). The quantitative estimate of drug-likeness (QED) is 0.759. The molecule has 6 nitrogen and oxygen atoms in total. The third-order valence-electron chi connectivity index (χ3n) is 4.19. The highest BCUT2D eigenvalue weighted by molar-refractivity contribution is 6.03. The summed E-state index contributed by atoms with van der Waals surface area (Å²) in [7, 11) is 1.52. The third kappa shape index (κ3) is 1.28. The number of fused-ring (bicyclic) bond motifs is 6. The summed E-state index contributed by atoms with van der Waals surface area (Å²) in [6.07, 6.45) is 0. The first-order valence-corrected chi connectivity index (χ1v) is 6.46. The summed E-state index contributed by atoms with van der Waals surface area (Å²) in [6, 6.07) is 4.82. The van der Waals surface area contributed by atoms with E-state index >= 15 is 0 Å². The Kier molecular flexibility index (Phi) is 2.00. The summed E-state index contributed by atoms with van der Waals surface area (Å²) in [5.41, 5.74) is 2.68. The van der Waals surface area contributed by atoms with Crippen molar-refractivity contribution in [2.75, 3.05) is 13.6 Å². The Morgan fingerprint density at radius 3 is 2.95 bits per heavy atom. The summed E-state index contributed by atoms with van der Waals surface area (Å²) < 4.78 is 0. The number of aromatic nitrogens is 1. The molecule has 2 N–H and O–H groups in total. The van der Waals surface area contributed by atoms with E-state index in [1.807, 2.05) is 0 Å². The number of nitrogens with zero attached hydrogens (tertiary/aromatic N) is 2.